The normalized spacial score (nSPS) is 32.3. The van der Waals surface area contributed by atoms with E-state index in [2.05, 4.69) is 26.1 Å². The van der Waals surface area contributed by atoms with E-state index in [1.54, 1.807) is 0 Å². The maximum absolute atomic E-state index is 5.56. The Morgan fingerprint density at radius 2 is 1.94 bits per heavy atom. The van der Waals surface area contributed by atoms with E-state index in [1.165, 1.54) is 45.1 Å². The maximum atomic E-state index is 5.56. The first-order valence-electron chi connectivity index (χ1n) is 7.87. The molecule has 0 aromatic carbocycles. The molecule has 3 atom stereocenters. The minimum Gasteiger partial charge on any atom is -0.379 e. The molecule has 2 nitrogen and oxygen atoms in total. The summed E-state index contributed by atoms with van der Waals surface area (Å²) in [4.78, 5) is 0. The second-order valence-electron chi connectivity index (χ2n) is 6.90. The molecule has 2 heteroatoms. The second-order valence-corrected chi connectivity index (χ2v) is 6.90. The van der Waals surface area contributed by atoms with Crippen molar-refractivity contribution in [1.82, 2.24) is 5.32 Å². The lowest BCUT2D eigenvalue weighted by molar-refractivity contribution is 0.0109. The van der Waals surface area contributed by atoms with Crippen LogP contribution in [-0.4, -0.2) is 25.3 Å². The smallest absolute Gasteiger partial charge is 0.0623 e. The highest BCUT2D eigenvalue weighted by atomic mass is 16.5. The van der Waals surface area contributed by atoms with Crippen LogP contribution in [0.5, 0.6) is 0 Å². The van der Waals surface area contributed by atoms with Crippen molar-refractivity contribution >= 4 is 0 Å². The van der Waals surface area contributed by atoms with E-state index in [1.807, 2.05) is 7.11 Å². The Morgan fingerprint density at radius 3 is 2.50 bits per heavy atom. The Morgan fingerprint density at radius 1 is 1.28 bits per heavy atom. The van der Waals surface area contributed by atoms with Gasteiger partial charge in [-0.25, -0.2) is 0 Å². The quantitative estimate of drug-likeness (QED) is 0.713. The molecule has 2 saturated carbocycles. The zero-order valence-electron chi connectivity index (χ0n) is 12.7. The Balaban J connectivity index is 1.82. The van der Waals surface area contributed by atoms with Gasteiger partial charge in [-0.2, -0.15) is 0 Å². The van der Waals surface area contributed by atoms with Gasteiger partial charge in [0.1, 0.15) is 0 Å². The van der Waals surface area contributed by atoms with Crippen molar-refractivity contribution in [3.05, 3.63) is 0 Å². The van der Waals surface area contributed by atoms with Gasteiger partial charge in [0.25, 0.3) is 0 Å². The number of nitrogens with one attached hydrogen (secondary N) is 1. The van der Waals surface area contributed by atoms with Crippen molar-refractivity contribution in [3.63, 3.8) is 0 Å². The summed E-state index contributed by atoms with van der Waals surface area (Å²) in [7, 11) is 1.83. The van der Waals surface area contributed by atoms with E-state index in [0.29, 0.717) is 0 Å². The van der Waals surface area contributed by atoms with Crippen molar-refractivity contribution in [1.29, 1.82) is 0 Å². The van der Waals surface area contributed by atoms with Crippen LogP contribution in [0.25, 0.3) is 0 Å². The van der Waals surface area contributed by atoms with Crippen LogP contribution in [0.4, 0.5) is 0 Å². The summed E-state index contributed by atoms with van der Waals surface area (Å²) in [5.41, 5.74) is 0.0378. The molecule has 2 aliphatic carbocycles. The fourth-order valence-electron chi connectivity index (χ4n) is 3.84. The first-order valence-corrected chi connectivity index (χ1v) is 7.87. The van der Waals surface area contributed by atoms with E-state index >= 15 is 0 Å². The lowest BCUT2D eigenvalue weighted by Gasteiger charge is -2.27. The summed E-state index contributed by atoms with van der Waals surface area (Å²) in [5, 5.41) is 3.80. The molecule has 106 valence electrons. The number of rotatable bonds is 8. The monoisotopic (exact) mass is 253 g/mol. The minimum atomic E-state index is 0.0378. The predicted octanol–water partition coefficient (Wildman–Crippen LogP) is 3.61. The van der Waals surface area contributed by atoms with Gasteiger partial charge in [-0.15, -0.1) is 0 Å². The first kappa shape index (κ1) is 14.3. The van der Waals surface area contributed by atoms with E-state index in [9.17, 15) is 0 Å². The summed E-state index contributed by atoms with van der Waals surface area (Å²) in [5.74, 6) is 3.10. The van der Waals surface area contributed by atoms with Crippen molar-refractivity contribution < 1.29 is 4.74 Å². The summed E-state index contributed by atoms with van der Waals surface area (Å²) >= 11 is 0. The molecule has 0 aliphatic heterocycles. The molecule has 0 saturated heterocycles. The van der Waals surface area contributed by atoms with E-state index in [0.717, 1.165) is 23.8 Å². The van der Waals surface area contributed by atoms with Gasteiger partial charge in [-0.05, 0) is 70.3 Å². The molecule has 0 radical (unpaired) electrons. The standard InChI is InChI=1S/C16H31NO/c1-5-11-17-14(9-10-16(2,3)18-4)15-12-7-6-8-13(12)15/h12-15,17H,5-11H2,1-4H3. The number of hydrogen-bond acceptors (Lipinski definition) is 2. The predicted molar refractivity (Wildman–Crippen MR) is 76.7 cm³/mol. The summed E-state index contributed by atoms with van der Waals surface area (Å²) in [6.45, 7) is 7.85. The minimum absolute atomic E-state index is 0.0378. The van der Waals surface area contributed by atoms with Crippen molar-refractivity contribution in [2.75, 3.05) is 13.7 Å². The average Bonchev–Trinajstić information content (AvgIpc) is 2.83. The van der Waals surface area contributed by atoms with Crippen LogP contribution in [0.1, 0.15) is 59.3 Å². The number of ether oxygens (including phenoxy) is 1. The second kappa shape index (κ2) is 5.92. The Bertz CT molecular complexity index is 254. The SMILES string of the molecule is CCCNC(CCC(C)(C)OC)C1C2CCCC21. The molecule has 1 N–H and O–H groups in total. The van der Waals surface area contributed by atoms with Gasteiger partial charge in [0, 0.05) is 13.2 Å². The van der Waals surface area contributed by atoms with Crippen LogP contribution in [0.15, 0.2) is 0 Å². The number of hydrogen-bond donors (Lipinski definition) is 1. The van der Waals surface area contributed by atoms with Crippen LogP contribution in [0, 0.1) is 17.8 Å². The fourth-order valence-corrected chi connectivity index (χ4v) is 3.84. The van der Waals surface area contributed by atoms with Gasteiger partial charge in [0.2, 0.25) is 0 Å². The average molecular weight is 253 g/mol. The highest BCUT2D eigenvalue weighted by Gasteiger charge is 2.55. The largest absolute Gasteiger partial charge is 0.379 e. The molecule has 0 amide bonds. The van der Waals surface area contributed by atoms with Crippen molar-refractivity contribution in [2.24, 2.45) is 17.8 Å². The van der Waals surface area contributed by atoms with Crippen LogP contribution in [0.3, 0.4) is 0 Å². The molecule has 0 aromatic heterocycles. The third kappa shape index (κ3) is 3.27. The van der Waals surface area contributed by atoms with Crippen LogP contribution in [-0.2, 0) is 4.74 Å². The molecular formula is C16H31NO. The molecule has 2 aliphatic rings. The maximum Gasteiger partial charge on any atom is 0.0623 e. The van der Waals surface area contributed by atoms with Gasteiger partial charge >= 0.3 is 0 Å². The van der Waals surface area contributed by atoms with Gasteiger partial charge < -0.3 is 10.1 Å². The Hall–Kier alpha value is -0.0800. The highest BCUT2D eigenvalue weighted by Crippen LogP contribution is 2.59. The molecular weight excluding hydrogens is 222 g/mol. The molecule has 0 heterocycles. The van der Waals surface area contributed by atoms with Crippen LogP contribution < -0.4 is 5.32 Å². The van der Waals surface area contributed by atoms with Gasteiger partial charge in [-0.3, -0.25) is 0 Å². The number of fused-ring (bicyclic) bond motifs is 1. The number of methoxy groups -OCH3 is 1. The summed E-state index contributed by atoms with van der Waals surface area (Å²) in [6.07, 6.45) is 8.15. The molecule has 3 unspecified atom stereocenters. The van der Waals surface area contributed by atoms with Gasteiger partial charge in [0.15, 0.2) is 0 Å². The first-order chi connectivity index (χ1) is 8.59. The molecule has 2 rings (SSSR count). The molecule has 0 bridgehead atoms. The summed E-state index contributed by atoms with van der Waals surface area (Å²) in [6, 6.07) is 0.745. The van der Waals surface area contributed by atoms with E-state index < -0.39 is 0 Å². The third-order valence-corrected chi connectivity index (χ3v) is 5.20. The molecule has 0 aromatic rings. The zero-order valence-corrected chi connectivity index (χ0v) is 12.7. The van der Waals surface area contributed by atoms with E-state index in [-0.39, 0.29) is 5.60 Å². The van der Waals surface area contributed by atoms with Crippen molar-refractivity contribution in [2.45, 2.75) is 70.9 Å². The molecule has 18 heavy (non-hydrogen) atoms. The van der Waals surface area contributed by atoms with Gasteiger partial charge in [-0.1, -0.05) is 13.3 Å². The molecule has 0 spiro atoms. The Labute approximate surface area is 113 Å². The lowest BCUT2D eigenvalue weighted by Crippen LogP contribution is -2.36. The fraction of sp³-hybridized carbons (Fsp3) is 1.00. The van der Waals surface area contributed by atoms with Gasteiger partial charge in [0.05, 0.1) is 5.60 Å². The van der Waals surface area contributed by atoms with Crippen LogP contribution in [0.2, 0.25) is 0 Å². The highest BCUT2D eigenvalue weighted by molar-refractivity contribution is 5.06. The van der Waals surface area contributed by atoms with Crippen molar-refractivity contribution in [3.8, 4) is 0 Å². The zero-order chi connectivity index (χ0) is 13.2. The Kier molecular flexibility index (Phi) is 4.71. The van der Waals surface area contributed by atoms with E-state index in [4.69, 9.17) is 4.74 Å². The van der Waals surface area contributed by atoms with Crippen LogP contribution >= 0.6 is 0 Å². The summed E-state index contributed by atoms with van der Waals surface area (Å²) < 4.78 is 5.56. The topological polar surface area (TPSA) is 21.3 Å². The lowest BCUT2D eigenvalue weighted by atomic mass is 9.93. The molecule has 2 fully saturated rings. The third-order valence-electron chi connectivity index (χ3n) is 5.20.